The molecule has 0 N–H and O–H groups in total. The van der Waals surface area contributed by atoms with Crippen LogP contribution in [0.4, 0.5) is 0 Å². The summed E-state index contributed by atoms with van der Waals surface area (Å²) in [5.74, 6) is -0.885. The van der Waals surface area contributed by atoms with Crippen molar-refractivity contribution in [1.82, 2.24) is 9.47 Å². The predicted molar refractivity (Wildman–Crippen MR) is 94.0 cm³/mol. The van der Waals surface area contributed by atoms with E-state index < -0.39 is 5.97 Å². The minimum Gasteiger partial charge on any atom is -0.464 e. The average molecular weight is 352 g/mol. The van der Waals surface area contributed by atoms with Gasteiger partial charge in [0.1, 0.15) is 12.3 Å². The lowest BCUT2D eigenvalue weighted by Gasteiger charge is -2.21. The summed E-state index contributed by atoms with van der Waals surface area (Å²) in [6.07, 6.45) is 0.740. The third-order valence-corrected chi connectivity index (χ3v) is 4.19. The highest BCUT2D eigenvalue weighted by molar-refractivity contribution is 6.04. The normalized spacial score (nSPS) is 10.6. The van der Waals surface area contributed by atoms with Crippen LogP contribution in [0.15, 0.2) is 0 Å². The number of esters is 1. The third kappa shape index (κ3) is 4.48. The fourth-order valence-electron chi connectivity index (χ4n) is 3.09. The molecule has 1 aromatic rings. The molecule has 0 atom stereocenters. The maximum Gasteiger partial charge on any atom is 0.354 e. The summed E-state index contributed by atoms with van der Waals surface area (Å²) >= 11 is 0. The molecular weight excluding hydrogens is 324 g/mol. The Balaban J connectivity index is 3.22. The smallest absolute Gasteiger partial charge is 0.354 e. The molecule has 1 aromatic heterocycles. The molecule has 140 valence electrons. The van der Waals surface area contributed by atoms with Crippen LogP contribution in [0.3, 0.4) is 0 Å². The monoisotopic (exact) mass is 352 g/mol. The number of hydrogen-bond donors (Lipinski definition) is 0. The Bertz CT molecular complexity index is 648. The zero-order chi connectivity index (χ0) is 19.1. The van der Waals surface area contributed by atoms with Crippen molar-refractivity contribution in [2.45, 2.75) is 40.7 Å². The van der Waals surface area contributed by atoms with Gasteiger partial charge in [-0.1, -0.05) is 6.92 Å². The van der Waals surface area contributed by atoms with Crippen molar-refractivity contribution in [3.05, 3.63) is 22.5 Å². The van der Waals surface area contributed by atoms with Crippen LogP contribution in [0.1, 0.15) is 52.4 Å². The van der Waals surface area contributed by atoms with Crippen LogP contribution in [0.2, 0.25) is 0 Å². The van der Waals surface area contributed by atoms with Crippen LogP contribution in [0, 0.1) is 13.8 Å². The highest BCUT2D eigenvalue weighted by Crippen LogP contribution is 2.24. The summed E-state index contributed by atoms with van der Waals surface area (Å²) in [6.45, 7) is 8.31. The van der Waals surface area contributed by atoms with Crippen molar-refractivity contribution in [3.63, 3.8) is 0 Å². The van der Waals surface area contributed by atoms with Crippen LogP contribution in [0.5, 0.6) is 0 Å². The number of rotatable bonds is 9. The van der Waals surface area contributed by atoms with Gasteiger partial charge in [-0.25, -0.2) is 4.79 Å². The highest BCUT2D eigenvalue weighted by atomic mass is 16.5. The fraction of sp³-hybridized carbons (Fsp3) is 0.611. The molecule has 7 heteroatoms. The number of methoxy groups -OCH3 is 2. The first kappa shape index (κ1) is 20.9. The van der Waals surface area contributed by atoms with E-state index in [-0.39, 0.29) is 24.8 Å². The summed E-state index contributed by atoms with van der Waals surface area (Å²) in [7, 11) is 2.76. The second kappa shape index (κ2) is 9.36. The van der Waals surface area contributed by atoms with Crippen molar-refractivity contribution in [2.75, 3.05) is 33.9 Å². The molecule has 0 bridgehead atoms. The SMILES string of the molecule is CCCN(CC(=O)c1c(C)c(C(=O)OC)n(CC)c1C)C(=O)COC. The minimum absolute atomic E-state index is 0.0357. The van der Waals surface area contributed by atoms with Gasteiger partial charge in [-0.15, -0.1) is 0 Å². The Morgan fingerprint density at radius 2 is 1.76 bits per heavy atom. The molecule has 0 saturated carbocycles. The molecule has 0 unspecified atom stereocenters. The van der Waals surface area contributed by atoms with Crippen molar-refractivity contribution in [1.29, 1.82) is 0 Å². The summed E-state index contributed by atoms with van der Waals surface area (Å²) in [4.78, 5) is 38.6. The van der Waals surface area contributed by atoms with Gasteiger partial charge in [-0.3, -0.25) is 9.59 Å². The van der Waals surface area contributed by atoms with Crippen molar-refractivity contribution < 1.29 is 23.9 Å². The van der Waals surface area contributed by atoms with Gasteiger partial charge in [0.05, 0.1) is 13.7 Å². The quantitative estimate of drug-likeness (QED) is 0.502. The van der Waals surface area contributed by atoms with Crippen LogP contribution in [-0.2, 0) is 20.8 Å². The lowest BCUT2D eigenvalue weighted by molar-refractivity contribution is -0.134. The molecule has 0 spiro atoms. The number of carbonyl (C=O) groups is 3. The Hall–Kier alpha value is -2.15. The Morgan fingerprint density at radius 3 is 2.24 bits per heavy atom. The molecule has 0 saturated heterocycles. The minimum atomic E-state index is -0.470. The molecule has 1 heterocycles. The molecule has 0 radical (unpaired) electrons. The van der Waals surface area contributed by atoms with Crippen LogP contribution in [-0.4, -0.2) is 61.0 Å². The lowest BCUT2D eigenvalue weighted by atomic mass is 10.1. The first-order valence-corrected chi connectivity index (χ1v) is 8.41. The largest absolute Gasteiger partial charge is 0.464 e. The lowest BCUT2D eigenvalue weighted by Crippen LogP contribution is -2.38. The number of ether oxygens (including phenoxy) is 2. The highest BCUT2D eigenvalue weighted by Gasteiger charge is 2.27. The van der Waals surface area contributed by atoms with Crippen LogP contribution >= 0.6 is 0 Å². The van der Waals surface area contributed by atoms with Gasteiger partial charge in [0, 0.05) is 31.5 Å². The van der Waals surface area contributed by atoms with E-state index >= 15 is 0 Å². The summed E-state index contributed by atoms with van der Waals surface area (Å²) in [6, 6.07) is 0. The summed E-state index contributed by atoms with van der Waals surface area (Å²) < 4.78 is 11.5. The number of carbonyl (C=O) groups excluding carboxylic acids is 3. The maximum absolute atomic E-state index is 12.9. The zero-order valence-corrected chi connectivity index (χ0v) is 16.0. The van der Waals surface area contributed by atoms with Gasteiger partial charge in [-0.05, 0) is 32.8 Å². The fourth-order valence-corrected chi connectivity index (χ4v) is 3.09. The number of hydrogen-bond acceptors (Lipinski definition) is 5. The van der Waals surface area contributed by atoms with Crippen molar-refractivity contribution >= 4 is 17.7 Å². The van der Waals surface area contributed by atoms with Gasteiger partial charge < -0.3 is 18.9 Å². The van der Waals surface area contributed by atoms with Gasteiger partial charge in [0.15, 0.2) is 5.78 Å². The van der Waals surface area contributed by atoms with Gasteiger partial charge >= 0.3 is 5.97 Å². The van der Waals surface area contributed by atoms with E-state index in [1.165, 1.54) is 19.1 Å². The maximum atomic E-state index is 12.9. The molecule has 7 nitrogen and oxygen atoms in total. The average Bonchev–Trinajstić information content (AvgIpc) is 2.83. The van der Waals surface area contributed by atoms with E-state index in [2.05, 4.69) is 0 Å². The number of amides is 1. The summed E-state index contributed by atoms with van der Waals surface area (Å²) in [5, 5.41) is 0. The molecule has 0 fully saturated rings. The van der Waals surface area contributed by atoms with E-state index in [1.54, 1.807) is 18.4 Å². The molecule has 1 amide bonds. The Labute approximate surface area is 148 Å². The Morgan fingerprint density at radius 1 is 1.12 bits per heavy atom. The number of Topliss-reactive ketones (excluding diaryl/α,β-unsaturated/α-hetero) is 1. The second-order valence-electron chi connectivity index (χ2n) is 5.84. The molecular formula is C18H28N2O5. The van der Waals surface area contributed by atoms with E-state index in [4.69, 9.17) is 9.47 Å². The van der Waals surface area contributed by atoms with Gasteiger partial charge in [0.25, 0.3) is 0 Å². The molecule has 25 heavy (non-hydrogen) atoms. The van der Waals surface area contributed by atoms with Crippen molar-refractivity contribution in [3.8, 4) is 0 Å². The third-order valence-electron chi connectivity index (χ3n) is 4.19. The topological polar surface area (TPSA) is 77.8 Å². The second-order valence-corrected chi connectivity index (χ2v) is 5.84. The Kier molecular flexibility index (Phi) is 7.83. The van der Waals surface area contributed by atoms with E-state index in [9.17, 15) is 14.4 Å². The predicted octanol–water partition coefficient (Wildman–Crippen LogP) is 1.98. The van der Waals surface area contributed by atoms with Crippen LogP contribution < -0.4 is 0 Å². The van der Waals surface area contributed by atoms with Gasteiger partial charge in [0.2, 0.25) is 5.91 Å². The first-order chi connectivity index (χ1) is 11.8. The van der Waals surface area contributed by atoms with E-state index in [1.807, 2.05) is 13.8 Å². The first-order valence-electron chi connectivity index (χ1n) is 8.41. The standard InChI is InChI=1S/C18H28N2O5/c1-7-9-19(15(22)11-24-5)10-14(21)16-12(3)17(18(23)25-6)20(8-2)13(16)4/h7-11H2,1-6H3. The molecule has 1 rings (SSSR count). The van der Waals surface area contributed by atoms with Gasteiger partial charge in [-0.2, -0.15) is 0 Å². The van der Waals surface area contributed by atoms with E-state index in [0.717, 1.165) is 6.42 Å². The number of nitrogens with zero attached hydrogens (tertiary/aromatic N) is 2. The molecule has 0 aliphatic carbocycles. The number of aromatic nitrogens is 1. The van der Waals surface area contributed by atoms with Crippen LogP contribution in [0.25, 0.3) is 0 Å². The zero-order valence-electron chi connectivity index (χ0n) is 16.0. The molecule has 0 aliphatic rings. The number of ketones is 1. The van der Waals surface area contributed by atoms with E-state index in [0.29, 0.717) is 35.6 Å². The molecule has 0 aromatic carbocycles. The summed E-state index contributed by atoms with van der Waals surface area (Å²) in [5.41, 5.74) is 2.16. The molecule has 0 aliphatic heterocycles. The van der Waals surface area contributed by atoms with Crippen molar-refractivity contribution in [2.24, 2.45) is 0 Å².